The average Bonchev–Trinajstić information content (AvgIpc) is 2.87. The van der Waals surface area contributed by atoms with Crippen LogP contribution in [0.5, 0.6) is 11.5 Å². The van der Waals surface area contributed by atoms with Gasteiger partial charge in [0, 0.05) is 5.56 Å². The van der Waals surface area contributed by atoms with Crippen LogP contribution in [0.2, 0.25) is 0 Å². The summed E-state index contributed by atoms with van der Waals surface area (Å²) >= 11 is 0. The third kappa shape index (κ3) is 7.64. The van der Waals surface area contributed by atoms with Crippen molar-refractivity contribution in [3.05, 3.63) is 95.6 Å². The number of carbonyl (C=O) groups excluding carboxylic acids is 1. The lowest BCUT2D eigenvalue weighted by atomic mass is 10.1. The van der Waals surface area contributed by atoms with Crippen LogP contribution in [-0.4, -0.2) is 37.1 Å². The average molecular weight is 464 g/mol. The summed E-state index contributed by atoms with van der Waals surface area (Å²) < 4.78 is 16.6. The molecule has 0 saturated carbocycles. The molecular formula is C27H29NO6. The maximum Gasteiger partial charge on any atom is 0.308 e. The molecule has 3 aromatic carbocycles. The van der Waals surface area contributed by atoms with Gasteiger partial charge in [-0.15, -0.1) is 0 Å². The molecule has 34 heavy (non-hydrogen) atoms. The summed E-state index contributed by atoms with van der Waals surface area (Å²) in [6.07, 6.45) is -0.982. The van der Waals surface area contributed by atoms with Crippen LogP contribution in [0.3, 0.4) is 0 Å². The van der Waals surface area contributed by atoms with Crippen LogP contribution >= 0.6 is 0 Å². The van der Waals surface area contributed by atoms with Crippen LogP contribution in [0.15, 0.2) is 84.0 Å². The predicted molar refractivity (Wildman–Crippen MR) is 129 cm³/mol. The summed E-state index contributed by atoms with van der Waals surface area (Å²) in [6.45, 7) is 2.69. The maximum absolute atomic E-state index is 11.5. The van der Waals surface area contributed by atoms with Crippen molar-refractivity contribution in [3.63, 3.8) is 0 Å². The Kier molecular flexibility index (Phi) is 9.49. The minimum absolute atomic E-state index is 0.0768. The molecule has 0 aliphatic rings. The fourth-order valence-corrected chi connectivity index (χ4v) is 3.19. The van der Waals surface area contributed by atoms with Gasteiger partial charge in [0.15, 0.2) is 0 Å². The first-order chi connectivity index (χ1) is 16.6. The molecular weight excluding hydrogens is 434 g/mol. The summed E-state index contributed by atoms with van der Waals surface area (Å²) in [7, 11) is 1.51. The van der Waals surface area contributed by atoms with Crippen molar-refractivity contribution in [3.8, 4) is 11.5 Å². The summed E-state index contributed by atoms with van der Waals surface area (Å²) in [4.78, 5) is 16.5. The monoisotopic (exact) mass is 463 g/mol. The van der Waals surface area contributed by atoms with Gasteiger partial charge in [0.05, 0.1) is 19.1 Å². The smallest absolute Gasteiger partial charge is 0.308 e. The van der Waals surface area contributed by atoms with E-state index in [0.717, 1.165) is 11.1 Å². The molecule has 0 spiro atoms. The number of hydrogen-bond donors (Lipinski definition) is 1. The zero-order valence-electron chi connectivity index (χ0n) is 19.3. The van der Waals surface area contributed by atoms with E-state index in [1.165, 1.54) is 7.11 Å². The largest absolute Gasteiger partial charge is 0.489 e. The molecule has 0 aliphatic heterocycles. The van der Waals surface area contributed by atoms with Crippen molar-refractivity contribution < 1.29 is 28.9 Å². The second kappa shape index (κ2) is 13.0. The Morgan fingerprint density at radius 1 is 0.912 bits per heavy atom. The highest BCUT2D eigenvalue weighted by molar-refractivity contribution is 6.01. The molecule has 1 N–H and O–H groups in total. The first kappa shape index (κ1) is 24.8. The number of oxime groups is 1. The Hall–Kier alpha value is -3.84. The fourth-order valence-electron chi connectivity index (χ4n) is 3.19. The van der Waals surface area contributed by atoms with E-state index in [9.17, 15) is 9.90 Å². The van der Waals surface area contributed by atoms with Crippen LogP contribution in [0, 0.1) is 0 Å². The van der Waals surface area contributed by atoms with E-state index in [4.69, 9.17) is 19.0 Å². The molecule has 0 bridgehead atoms. The van der Waals surface area contributed by atoms with Crippen LogP contribution in [0.1, 0.15) is 36.1 Å². The molecule has 0 fully saturated rings. The molecule has 0 radical (unpaired) electrons. The summed E-state index contributed by atoms with van der Waals surface area (Å²) in [5, 5.41) is 14.2. The lowest BCUT2D eigenvalue weighted by Gasteiger charge is -2.12. The lowest BCUT2D eigenvalue weighted by molar-refractivity contribution is -0.145. The second-order valence-corrected chi connectivity index (χ2v) is 7.40. The number of aliphatic hydroxyl groups excluding tert-OH is 1. The molecule has 0 aromatic heterocycles. The minimum Gasteiger partial charge on any atom is -0.489 e. The lowest BCUT2D eigenvalue weighted by Crippen LogP contribution is -2.13. The zero-order chi connectivity index (χ0) is 24.2. The Balaban J connectivity index is 1.49. The van der Waals surface area contributed by atoms with Crippen molar-refractivity contribution in [1.29, 1.82) is 0 Å². The SMILES string of the molecule is CCOC(=O)CC(O)c1ccc(OCc2ccc(OCC(=NOC)c3ccccc3)cc2)cc1. The van der Waals surface area contributed by atoms with E-state index in [0.29, 0.717) is 36.0 Å². The van der Waals surface area contributed by atoms with E-state index in [1.54, 1.807) is 31.2 Å². The predicted octanol–water partition coefficient (Wildman–Crippen LogP) is 4.68. The van der Waals surface area contributed by atoms with Crippen molar-refractivity contribution in [1.82, 2.24) is 0 Å². The number of benzene rings is 3. The number of nitrogens with zero attached hydrogens (tertiary/aromatic N) is 1. The fraction of sp³-hybridized carbons (Fsp3) is 0.259. The molecule has 0 saturated heterocycles. The minimum atomic E-state index is -0.906. The second-order valence-electron chi connectivity index (χ2n) is 7.40. The van der Waals surface area contributed by atoms with Crippen LogP contribution < -0.4 is 9.47 Å². The first-order valence-electron chi connectivity index (χ1n) is 11.0. The van der Waals surface area contributed by atoms with Gasteiger partial charge < -0.3 is 24.2 Å². The van der Waals surface area contributed by atoms with E-state index in [1.807, 2.05) is 54.6 Å². The van der Waals surface area contributed by atoms with E-state index < -0.39 is 12.1 Å². The highest BCUT2D eigenvalue weighted by Crippen LogP contribution is 2.22. The Morgan fingerprint density at radius 3 is 2.21 bits per heavy atom. The van der Waals surface area contributed by atoms with Gasteiger partial charge in [0.2, 0.25) is 0 Å². The van der Waals surface area contributed by atoms with Gasteiger partial charge in [0.25, 0.3) is 0 Å². The summed E-state index contributed by atoms with van der Waals surface area (Å²) in [5.41, 5.74) is 3.25. The molecule has 178 valence electrons. The quantitative estimate of drug-likeness (QED) is 0.238. The molecule has 3 rings (SSSR count). The van der Waals surface area contributed by atoms with Crippen LogP contribution in [-0.2, 0) is 21.0 Å². The molecule has 0 aliphatic carbocycles. The number of ether oxygens (including phenoxy) is 3. The molecule has 7 nitrogen and oxygen atoms in total. The number of hydrogen-bond acceptors (Lipinski definition) is 7. The van der Waals surface area contributed by atoms with Gasteiger partial charge in [-0.05, 0) is 42.3 Å². The van der Waals surface area contributed by atoms with Gasteiger partial charge in [-0.2, -0.15) is 0 Å². The van der Waals surface area contributed by atoms with Gasteiger partial charge in [0.1, 0.15) is 37.5 Å². The highest BCUT2D eigenvalue weighted by atomic mass is 16.6. The Bertz CT molecular complexity index is 1050. The highest BCUT2D eigenvalue weighted by Gasteiger charge is 2.14. The van der Waals surface area contributed by atoms with E-state index in [2.05, 4.69) is 5.16 Å². The molecule has 0 amide bonds. The maximum atomic E-state index is 11.5. The van der Waals surface area contributed by atoms with Crippen molar-refractivity contribution in [2.75, 3.05) is 20.3 Å². The molecule has 1 atom stereocenters. The molecule has 1 unspecified atom stereocenters. The Morgan fingerprint density at radius 2 is 1.56 bits per heavy atom. The normalized spacial score (nSPS) is 12.0. The molecule has 3 aromatic rings. The summed E-state index contributed by atoms with van der Waals surface area (Å²) in [5.74, 6) is 0.948. The Labute approximate surface area is 199 Å². The molecule has 0 heterocycles. The van der Waals surface area contributed by atoms with E-state index >= 15 is 0 Å². The van der Waals surface area contributed by atoms with Crippen molar-refractivity contribution >= 4 is 11.7 Å². The number of esters is 1. The zero-order valence-corrected chi connectivity index (χ0v) is 19.3. The first-order valence-corrected chi connectivity index (χ1v) is 11.0. The van der Waals surface area contributed by atoms with Crippen molar-refractivity contribution in [2.45, 2.75) is 26.1 Å². The van der Waals surface area contributed by atoms with E-state index in [-0.39, 0.29) is 13.0 Å². The van der Waals surface area contributed by atoms with Crippen LogP contribution in [0.4, 0.5) is 0 Å². The van der Waals surface area contributed by atoms with Gasteiger partial charge >= 0.3 is 5.97 Å². The van der Waals surface area contributed by atoms with Gasteiger partial charge in [-0.25, -0.2) is 0 Å². The molecule has 7 heteroatoms. The number of carbonyl (C=O) groups is 1. The van der Waals surface area contributed by atoms with Crippen molar-refractivity contribution in [2.24, 2.45) is 5.16 Å². The van der Waals surface area contributed by atoms with Gasteiger partial charge in [-0.3, -0.25) is 4.79 Å². The third-order valence-corrected chi connectivity index (χ3v) is 4.94. The van der Waals surface area contributed by atoms with Gasteiger partial charge in [-0.1, -0.05) is 59.8 Å². The third-order valence-electron chi connectivity index (χ3n) is 4.94. The standard InChI is InChI=1S/C27H29NO6/c1-3-32-27(30)17-26(29)22-11-15-24(16-12-22)33-18-20-9-13-23(14-10-20)34-19-25(28-31-2)21-7-5-4-6-8-21/h4-16,26,29H,3,17-19H2,1-2H3. The topological polar surface area (TPSA) is 86.6 Å². The number of aliphatic hydroxyl groups is 1. The van der Waals surface area contributed by atoms with Crippen LogP contribution in [0.25, 0.3) is 0 Å². The number of rotatable bonds is 12. The summed E-state index contributed by atoms with van der Waals surface area (Å²) in [6, 6.07) is 24.4.